The Labute approximate surface area is 355 Å². The van der Waals surface area contributed by atoms with Crippen molar-refractivity contribution in [1.82, 2.24) is 0 Å². The SMILES string of the molecule is CCCCCCCCCCCCCCCCCCCCCCCC(=O)O[C@H](COC(=O)CCCCCCCCCCCCCC)CO[C@@H]1O[C@H](CO)[C@H](O)C(O)C1O. The van der Waals surface area contributed by atoms with Crippen LogP contribution in [0.3, 0.4) is 0 Å². The van der Waals surface area contributed by atoms with Gasteiger partial charge in [-0.2, -0.15) is 0 Å². The Kier molecular flexibility index (Phi) is 37.6. The van der Waals surface area contributed by atoms with E-state index >= 15 is 0 Å². The minimum Gasteiger partial charge on any atom is -0.462 e. The zero-order valence-corrected chi connectivity index (χ0v) is 37.6. The molecule has 0 radical (unpaired) electrons. The first-order valence-corrected chi connectivity index (χ1v) is 24.6. The maximum Gasteiger partial charge on any atom is 0.306 e. The minimum atomic E-state index is -1.59. The maximum absolute atomic E-state index is 12.8. The summed E-state index contributed by atoms with van der Waals surface area (Å²) in [5.41, 5.74) is 0. The quantitative estimate of drug-likeness (QED) is 0.0346. The van der Waals surface area contributed by atoms with Crippen molar-refractivity contribution >= 4 is 11.9 Å². The summed E-state index contributed by atoms with van der Waals surface area (Å²) in [6.07, 6.45) is 34.0. The molecule has 0 aliphatic carbocycles. The Hall–Kier alpha value is -1.30. The third-order valence-electron chi connectivity index (χ3n) is 11.7. The zero-order valence-electron chi connectivity index (χ0n) is 37.6. The molecule has 0 bridgehead atoms. The lowest BCUT2D eigenvalue weighted by atomic mass is 9.99. The van der Waals surface area contributed by atoms with Gasteiger partial charge in [0.05, 0.1) is 13.2 Å². The van der Waals surface area contributed by atoms with Gasteiger partial charge in [-0.15, -0.1) is 0 Å². The van der Waals surface area contributed by atoms with Crippen LogP contribution in [0.25, 0.3) is 0 Å². The number of aliphatic hydroxyl groups excluding tert-OH is 4. The Morgan fingerprint density at radius 1 is 0.466 bits per heavy atom. The van der Waals surface area contributed by atoms with Gasteiger partial charge in [0.25, 0.3) is 0 Å². The van der Waals surface area contributed by atoms with Gasteiger partial charge in [0.1, 0.15) is 31.0 Å². The highest BCUT2D eigenvalue weighted by atomic mass is 16.7. The Bertz CT molecular complexity index is 917. The highest BCUT2D eigenvalue weighted by Gasteiger charge is 2.44. The van der Waals surface area contributed by atoms with Gasteiger partial charge in [-0.25, -0.2) is 0 Å². The number of unbranched alkanes of at least 4 members (excludes halogenated alkanes) is 31. The van der Waals surface area contributed by atoms with Crippen LogP contribution in [-0.2, 0) is 28.5 Å². The van der Waals surface area contributed by atoms with Crippen LogP contribution < -0.4 is 0 Å². The van der Waals surface area contributed by atoms with E-state index < -0.39 is 49.4 Å². The summed E-state index contributed by atoms with van der Waals surface area (Å²) in [4.78, 5) is 25.4. The van der Waals surface area contributed by atoms with Crippen molar-refractivity contribution in [1.29, 1.82) is 0 Å². The van der Waals surface area contributed by atoms with E-state index in [1.807, 2.05) is 0 Å². The van der Waals surface area contributed by atoms with Crippen molar-refractivity contribution in [3.05, 3.63) is 0 Å². The number of rotatable bonds is 42. The van der Waals surface area contributed by atoms with Gasteiger partial charge in [-0.3, -0.25) is 9.59 Å². The molecule has 1 rings (SSSR count). The van der Waals surface area contributed by atoms with Gasteiger partial charge in [0.15, 0.2) is 12.4 Å². The first-order chi connectivity index (χ1) is 28.3. The molecule has 1 fully saturated rings. The lowest BCUT2D eigenvalue weighted by molar-refractivity contribution is -0.305. The number of ether oxygens (including phenoxy) is 4. The normalized spacial score (nSPS) is 20.0. The summed E-state index contributed by atoms with van der Waals surface area (Å²) in [5.74, 6) is -0.789. The van der Waals surface area contributed by atoms with E-state index in [-0.39, 0.29) is 32.0 Å². The van der Waals surface area contributed by atoms with E-state index in [1.54, 1.807) is 0 Å². The average Bonchev–Trinajstić information content (AvgIpc) is 3.22. The largest absolute Gasteiger partial charge is 0.462 e. The van der Waals surface area contributed by atoms with Crippen molar-refractivity contribution in [3.63, 3.8) is 0 Å². The summed E-state index contributed by atoms with van der Waals surface area (Å²) < 4.78 is 22.2. The van der Waals surface area contributed by atoms with Crippen molar-refractivity contribution in [3.8, 4) is 0 Å². The van der Waals surface area contributed by atoms with E-state index in [9.17, 15) is 30.0 Å². The molecule has 10 heteroatoms. The average molecular weight is 829 g/mol. The van der Waals surface area contributed by atoms with E-state index in [4.69, 9.17) is 18.9 Å². The molecule has 0 aromatic carbocycles. The molecule has 0 spiro atoms. The van der Waals surface area contributed by atoms with Gasteiger partial charge in [0.2, 0.25) is 0 Å². The predicted molar refractivity (Wildman–Crippen MR) is 234 cm³/mol. The van der Waals surface area contributed by atoms with E-state index in [1.165, 1.54) is 173 Å². The third-order valence-corrected chi connectivity index (χ3v) is 11.7. The van der Waals surface area contributed by atoms with Crippen LogP contribution in [0.4, 0.5) is 0 Å². The number of esters is 2. The summed E-state index contributed by atoms with van der Waals surface area (Å²) in [5, 5.41) is 40.1. The van der Waals surface area contributed by atoms with Crippen LogP contribution in [0.5, 0.6) is 0 Å². The molecular weight excluding hydrogens is 737 g/mol. The standard InChI is InChI=1S/C48H92O10/c1-3-5-7-9-11-13-15-17-18-19-20-21-22-23-24-25-27-29-31-33-35-37-44(51)57-41(40-56-48-47(54)46(53)45(52)42(38-49)58-48)39-55-43(50)36-34-32-30-28-26-16-14-12-10-8-6-4-2/h41-42,45-49,52-54H,3-40H2,1-2H3/t41-,42-,45+,46?,47?,48-/m1/s1. The predicted octanol–water partition coefficient (Wildman–Crippen LogP) is 11.0. The molecule has 1 saturated heterocycles. The fourth-order valence-corrected chi connectivity index (χ4v) is 7.84. The molecule has 1 aliphatic rings. The fraction of sp³-hybridized carbons (Fsp3) is 0.958. The van der Waals surface area contributed by atoms with E-state index in [2.05, 4.69) is 13.8 Å². The second-order valence-corrected chi connectivity index (χ2v) is 17.3. The Morgan fingerprint density at radius 2 is 0.810 bits per heavy atom. The van der Waals surface area contributed by atoms with Gasteiger partial charge in [0, 0.05) is 12.8 Å². The second kappa shape index (κ2) is 39.8. The number of hydrogen-bond acceptors (Lipinski definition) is 10. The smallest absolute Gasteiger partial charge is 0.306 e. The van der Waals surface area contributed by atoms with Crippen LogP contribution in [0.1, 0.15) is 239 Å². The monoisotopic (exact) mass is 829 g/mol. The molecule has 344 valence electrons. The van der Waals surface area contributed by atoms with Gasteiger partial charge >= 0.3 is 11.9 Å². The lowest BCUT2D eigenvalue weighted by Crippen LogP contribution is -2.59. The third kappa shape index (κ3) is 30.7. The molecule has 4 N–H and O–H groups in total. The van der Waals surface area contributed by atoms with Crippen LogP contribution in [0.2, 0.25) is 0 Å². The fourth-order valence-electron chi connectivity index (χ4n) is 7.84. The highest BCUT2D eigenvalue weighted by Crippen LogP contribution is 2.23. The molecule has 0 aromatic rings. The molecule has 1 aliphatic heterocycles. The summed E-state index contributed by atoms with van der Waals surface area (Å²) in [7, 11) is 0. The Morgan fingerprint density at radius 3 is 1.17 bits per heavy atom. The molecule has 58 heavy (non-hydrogen) atoms. The number of hydrogen-bond donors (Lipinski definition) is 4. The summed E-state index contributed by atoms with van der Waals surface area (Å²) in [6.45, 7) is 3.46. The van der Waals surface area contributed by atoms with Crippen LogP contribution in [0.15, 0.2) is 0 Å². The first-order valence-electron chi connectivity index (χ1n) is 24.6. The topological polar surface area (TPSA) is 152 Å². The van der Waals surface area contributed by atoms with E-state index in [0.29, 0.717) is 6.42 Å². The number of carbonyl (C=O) groups excluding carboxylic acids is 2. The summed E-state index contributed by atoms with van der Waals surface area (Å²) >= 11 is 0. The molecule has 0 saturated carbocycles. The van der Waals surface area contributed by atoms with Crippen molar-refractivity contribution < 1.29 is 49.0 Å². The maximum atomic E-state index is 12.8. The van der Waals surface area contributed by atoms with Gasteiger partial charge in [-0.1, -0.05) is 213 Å². The van der Waals surface area contributed by atoms with Gasteiger partial charge < -0.3 is 39.4 Å². The van der Waals surface area contributed by atoms with Crippen molar-refractivity contribution in [2.24, 2.45) is 0 Å². The number of carbonyl (C=O) groups is 2. The van der Waals surface area contributed by atoms with E-state index in [0.717, 1.165) is 32.1 Å². The van der Waals surface area contributed by atoms with Gasteiger partial charge in [-0.05, 0) is 12.8 Å². The molecule has 6 atom stereocenters. The molecular formula is C48H92O10. The van der Waals surface area contributed by atoms with Crippen molar-refractivity contribution in [2.75, 3.05) is 19.8 Å². The number of aliphatic hydroxyl groups is 4. The minimum absolute atomic E-state index is 0.209. The Balaban J connectivity index is 2.24. The first kappa shape index (κ1) is 54.7. The molecule has 0 amide bonds. The molecule has 1 heterocycles. The van der Waals surface area contributed by atoms with Crippen LogP contribution >= 0.6 is 0 Å². The van der Waals surface area contributed by atoms with Crippen LogP contribution in [-0.4, -0.2) is 89.0 Å². The van der Waals surface area contributed by atoms with Crippen molar-refractivity contribution in [2.45, 2.75) is 275 Å². The second-order valence-electron chi connectivity index (χ2n) is 17.3. The molecule has 2 unspecified atom stereocenters. The molecule has 0 aromatic heterocycles. The molecule has 10 nitrogen and oxygen atoms in total. The summed E-state index contributed by atoms with van der Waals surface area (Å²) in [6, 6.07) is 0. The highest BCUT2D eigenvalue weighted by molar-refractivity contribution is 5.70. The zero-order chi connectivity index (χ0) is 42.3. The van der Waals surface area contributed by atoms with Crippen LogP contribution in [0, 0.1) is 0 Å². The lowest BCUT2D eigenvalue weighted by Gasteiger charge is -2.39.